The Morgan fingerprint density at radius 2 is 1.48 bits per heavy atom. The zero-order valence-corrected chi connectivity index (χ0v) is 12.2. The smallest absolute Gasteiger partial charge is 0.337 e. The predicted molar refractivity (Wildman–Crippen MR) is 79.7 cm³/mol. The Balaban J connectivity index is 1.91. The van der Waals surface area contributed by atoms with E-state index >= 15 is 0 Å². The first-order chi connectivity index (χ1) is 10.2. The van der Waals surface area contributed by atoms with E-state index in [1.54, 1.807) is 24.3 Å². The summed E-state index contributed by atoms with van der Waals surface area (Å²) in [4.78, 5) is 11.3. The molecule has 0 radical (unpaired) electrons. The van der Waals surface area contributed by atoms with Crippen molar-refractivity contribution in [3.05, 3.63) is 59.7 Å². The van der Waals surface area contributed by atoms with Gasteiger partial charge in [0.15, 0.2) is 0 Å². The van der Waals surface area contributed by atoms with Crippen molar-refractivity contribution in [2.45, 2.75) is 13.5 Å². The van der Waals surface area contributed by atoms with Crippen LogP contribution in [0.1, 0.15) is 22.8 Å². The van der Waals surface area contributed by atoms with Crippen LogP contribution in [0.3, 0.4) is 0 Å². The van der Waals surface area contributed by atoms with Crippen LogP contribution in [0.15, 0.2) is 48.5 Å². The third-order valence-electron chi connectivity index (χ3n) is 2.92. The Bertz CT molecular complexity index is 573. The summed E-state index contributed by atoms with van der Waals surface area (Å²) in [6.45, 7) is 3.07. The second-order valence-electron chi connectivity index (χ2n) is 4.38. The van der Waals surface area contributed by atoms with Crippen molar-refractivity contribution in [2.75, 3.05) is 13.7 Å². The Morgan fingerprint density at radius 1 is 0.905 bits per heavy atom. The average Bonchev–Trinajstić information content (AvgIpc) is 2.54. The number of carbonyl (C=O) groups excluding carboxylic acids is 1. The number of esters is 1. The molecule has 0 N–H and O–H groups in total. The minimum absolute atomic E-state index is 0.354. The molecule has 2 rings (SSSR count). The van der Waals surface area contributed by atoms with Gasteiger partial charge in [-0.05, 0) is 48.9 Å². The first-order valence-corrected chi connectivity index (χ1v) is 6.76. The van der Waals surface area contributed by atoms with Gasteiger partial charge in [-0.25, -0.2) is 4.79 Å². The summed E-state index contributed by atoms with van der Waals surface area (Å²) in [5, 5.41) is 0. The maximum atomic E-state index is 11.3. The van der Waals surface area contributed by atoms with E-state index in [0.717, 1.165) is 11.3 Å². The molecule has 0 fully saturated rings. The molecule has 0 saturated carbocycles. The molecule has 0 aliphatic rings. The van der Waals surface area contributed by atoms with E-state index in [1.807, 2.05) is 31.2 Å². The van der Waals surface area contributed by atoms with Gasteiger partial charge >= 0.3 is 5.97 Å². The third-order valence-corrected chi connectivity index (χ3v) is 2.92. The van der Waals surface area contributed by atoms with Crippen molar-refractivity contribution < 1.29 is 19.0 Å². The van der Waals surface area contributed by atoms with Crippen molar-refractivity contribution in [1.82, 2.24) is 0 Å². The van der Waals surface area contributed by atoms with Crippen LogP contribution in [-0.2, 0) is 11.3 Å². The molecule has 0 spiro atoms. The van der Waals surface area contributed by atoms with E-state index in [4.69, 9.17) is 9.47 Å². The summed E-state index contributed by atoms with van der Waals surface area (Å²) < 4.78 is 15.7. The molecule has 0 saturated heterocycles. The van der Waals surface area contributed by atoms with Crippen LogP contribution in [0.25, 0.3) is 0 Å². The molecule has 0 unspecified atom stereocenters. The van der Waals surface area contributed by atoms with Crippen LogP contribution >= 0.6 is 0 Å². The van der Waals surface area contributed by atoms with Gasteiger partial charge in [-0.2, -0.15) is 0 Å². The topological polar surface area (TPSA) is 44.8 Å². The summed E-state index contributed by atoms with van der Waals surface area (Å²) in [5.41, 5.74) is 1.56. The van der Waals surface area contributed by atoms with E-state index in [2.05, 4.69) is 4.74 Å². The Labute approximate surface area is 124 Å². The second-order valence-corrected chi connectivity index (χ2v) is 4.38. The molecule has 4 heteroatoms. The number of hydrogen-bond donors (Lipinski definition) is 0. The molecule has 0 aliphatic carbocycles. The van der Waals surface area contributed by atoms with E-state index in [-0.39, 0.29) is 5.97 Å². The molecule has 0 bridgehead atoms. The third kappa shape index (κ3) is 4.24. The van der Waals surface area contributed by atoms with Gasteiger partial charge in [-0.3, -0.25) is 0 Å². The number of benzene rings is 2. The molecule has 2 aromatic rings. The van der Waals surface area contributed by atoms with Crippen LogP contribution in [0.4, 0.5) is 0 Å². The highest BCUT2D eigenvalue weighted by atomic mass is 16.5. The summed E-state index contributed by atoms with van der Waals surface area (Å²) in [5.74, 6) is 1.20. The highest BCUT2D eigenvalue weighted by Crippen LogP contribution is 2.16. The number of carbonyl (C=O) groups is 1. The molecule has 21 heavy (non-hydrogen) atoms. The number of ether oxygens (including phenoxy) is 3. The van der Waals surface area contributed by atoms with Crippen molar-refractivity contribution in [2.24, 2.45) is 0 Å². The van der Waals surface area contributed by atoms with Gasteiger partial charge in [0.25, 0.3) is 0 Å². The van der Waals surface area contributed by atoms with Gasteiger partial charge in [-0.1, -0.05) is 12.1 Å². The maximum absolute atomic E-state index is 11.3. The van der Waals surface area contributed by atoms with E-state index in [1.165, 1.54) is 7.11 Å². The maximum Gasteiger partial charge on any atom is 0.337 e. The van der Waals surface area contributed by atoms with E-state index in [9.17, 15) is 4.79 Å². The highest BCUT2D eigenvalue weighted by molar-refractivity contribution is 5.89. The SMILES string of the molecule is CCOc1ccc(COc2ccc(C(=O)OC)cc2)cc1. The molecule has 0 aromatic heterocycles. The number of methoxy groups -OCH3 is 1. The molecule has 2 aromatic carbocycles. The molecule has 0 aliphatic heterocycles. The minimum Gasteiger partial charge on any atom is -0.494 e. The summed E-state index contributed by atoms with van der Waals surface area (Å²) in [6.07, 6.45) is 0. The fourth-order valence-corrected chi connectivity index (χ4v) is 1.82. The standard InChI is InChI=1S/C17H18O4/c1-3-20-15-8-4-13(5-9-15)12-21-16-10-6-14(7-11-16)17(18)19-2/h4-11H,3,12H2,1-2H3. The summed E-state index contributed by atoms with van der Waals surface area (Å²) in [6, 6.07) is 14.6. The van der Waals surface area contributed by atoms with Gasteiger partial charge in [0.1, 0.15) is 18.1 Å². The van der Waals surface area contributed by atoms with Gasteiger partial charge in [0, 0.05) is 0 Å². The van der Waals surface area contributed by atoms with Crippen molar-refractivity contribution >= 4 is 5.97 Å². The fraction of sp³-hybridized carbons (Fsp3) is 0.235. The van der Waals surface area contributed by atoms with Crippen molar-refractivity contribution in [1.29, 1.82) is 0 Å². The minimum atomic E-state index is -0.354. The fourth-order valence-electron chi connectivity index (χ4n) is 1.82. The summed E-state index contributed by atoms with van der Waals surface area (Å²) in [7, 11) is 1.36. The number of rotatable bonds is 6. The predicted octanol–water partition coefficient (Wildman–Crippen LogP) is 3.45. The van der Waals surface area contributed by atoms with Crippen molar-refractivity contribution in [3.8, 4) is 11.5 Å². The summed E-state index contributed by atoms with van der Waals surface area (Å²) >= 11 is 0. The highest BCUT2D eigenvalue weighted by Gasteiger charge is 2.04. The number of hydrogen-bond acceptors (Lipinski definition) is 4. The molecular formula is C17H18O4. The lowest BCUT2D eigenvalue weighted by molar-refractivity contribution is 0.0600. The Morgan fingerprint density at radius 3 is 2.05 bits per heavy atom. The van der Waals surface area contributed by atoms with Crippen molar-refractivity contribution in [3.63, 3.8) is 0 Å². The lowest BCUT2D eigenvalue weighted by atomic mass is 10.2. The molecule has 0 heterocycles. The van der Waals surface area contributed by atoms with Crippen LogP contribution in [0.5, 0.6) is 11.5 Å². The van der Waals surface area contributed by atoms with Gasteiger partial charge < -0.3 is 14.2 Å². The zero-order valence-electron chi connectivity index (χ0n) is 12.2. The Kier molecular flexibility index (Phi) is 5.21. The normalized spacial score (nSPS) is 10.0. The monoisotopic (exact) mass is 286 g/mol. The molecule has 0 atom stereocenters. The zero-order chi connectivity index (χ0) is 15.1. The van der Waals surface area contributed by atoms with Crippen LogP contribution in [0.2, 0.25) is 0 Å². The van der Waals surface area contributed by atoms with Crippen LogP contribution in [-0.4, -0.2) is 19.7 Å². The van der Waals surface area contributed by atoms with Gasteiger partial charge in [0.05, 0.1) is 19.3 Å². The first-order valence-electron chi connectivity index (χ1n) is 6.76. The van der Waals surface area contributed by atoms with E-state index < -0.39 is 0 Å². The molecular weight excluding hydrogens is 268 g/mol. The molecule has 4 nitrogen and oxygen atoms in total. The second kappa shape index (κ2) is 7.33. The largest absolute Gasteiger partial charge is 0.494 e. The Hall–Kier alpha value is -2.49. The first kappa shape index (κ1) is 14.9. The molecule has 110 valence electrons. The quantitative estimate of drug-likeness (QED) is 0.763. The average molecular weight is 286 g/mol. The van der Waals surface area contributed by atoms with E-state index in [0.29, 0.717) is 24.5 Å². The van der Waals surface area contributed by atoms with Crippen LogP contribution < -0.4 is 9.47 Å². The van der Waals surface area contributed by atoms with Gasteiger partial charge in [0.2, 0.25) is 0 Å². The van der Waals surface area contributed by atoms with Gasteiger partial charge in [-0.15, -0.1) is 0 Å². The lowest BCUT2D eigenvalue weighted by Crippen LogP contribution is -2.01. The lowest BCUT2D eigenvalue weighted by Gasteiger charge is -2.08. The van der Waals surface area contributed by atoms with Crippen LogP contribution in [0, 0.1) is 0 Å². The molecule has 0 amide bonds.